The molecule has 0 unspecified atom stereocenters. The Morgan fingerprint density at radius 1 is 1.07 bits per heavy atom. The van der Waals surface area contributed by atoms with Crippen molar-refractivity contribution in [1.82, 2.24) is 0 Å². The van der Waals surface area contributed by atoms with Gasteiger partial charge in [0.15, 0.2) is 5.78 Å². The first-order chi connectivity index (χ1) is 13.0. The zero-order valence-electron chi connectivity index (χ0n) is 15.9. The van der Waals surface area contributed by atoms with E-state index in [0.717, 1.165) is 35.7 Å². The molecule has 0 aliphatic heterocycles. The van der Waals surface area contributed by atoms with E-state index in [4.69, 9.17) is 0 Å². The summed E-state index contributed by atoms with van der Waals surface area (Å²) in [6.45, 7) is 2.06. The molecule has 0 bridgehead atoms. The van der Waals surface area contributed by atoms with Gasteiger partial charge in [0.1, 0.15) is 5.78 Å². The molecule has 0 amide bonds. The first kappa shape index (κ1) is 20.0. The molecule has 1 aliphatic rings. The van der Waals surface area contributed by atoms with Crippen molar-refractivity contribution in [3.05, 3.63) is 69.7 Å². The van der Waals surface area contributed by atoms with Crippen LogP contribution in [-0.2, 0) is 4.79 Å². The van der Waals surface area contributed by atoms with E-state index in [0.29, 0.717) is 24.2 Å². The molecule has 2 aromatic carbocycles. The number of benzene rings is 2. The minimum Gasteiger partial charge on any atom is -0.299 e. The van der Waals surface area contributed by atoms with Crippen molar-refractivity contribution in [2.75, 3.05) is 0 Å². The normalized spacial score (nSPS) is 19.2. The molecule has 2 nitrogen and oxygen atoms in total. The number of ketones is 2. The van der Waals surface area contributed by atoms with Crippen LogP contribution in [0.1, 0.15) is 72.3 Å². The highest BCUT2D eigenvalue weighted by Crippen LogP contribution is 2.36. The quantitative estimate of drug-likeness (QED) is 0.501. The zero-order valence-corrected chi connectivity index (χ0v) is 17.5. The summed E-state index contributed by atoms with van der Waals surface area (Å²) in [5.74, 6) is 0.353. The van der Waals surface area contributed by atoms with E-state index in [1.165, 1.54) is 12.0 Å². The smallest absolute Gasteiger partial charge is 0.163 e. The van der Waals surface area contributed by atoms with Crippen LogP contribution in [0.5, 0.6) is 0 Å². The maximum Gasteiger partial charge on any atom is 0.163 e. The Hall–Kier alpha value is -1.74. The first-order valence-electron chi connectivity index (χ1n) is 9.92. The second-order valence-electron chi connectivity index (χ2n) is 7.68. The second kappa shape index (κ2) is 9.45. The minimum absolute atomic E-state index is 0.0392. The monoisotopic (exact) mass is 426 g/mol. The Kier molecular flexibility index (Phi) is 7.01. The van der Waals surface area contributed by atoms with Gasteiger partial charge >= 0.3 is 0 Å². The lowest BCUT2D eigenvalue weighted by Gasteiger charge is -2.28. The molecule has 2 atom stereocenters. The Morgan fingerprint density at radius 3 is 2.56 bits per heavy atom. The lowest BCUT2D eigenvalue weighted by Crippen LogP contribution is -2.26. The molecule has 3 heteroatoms. The number of Topliss-reactive ketones (excluding diaryl/α,β-unsaturated/α-hetero) is 2. The SMILES string of the molecule is Cc1ccc([C@H](CC(=O)c2cccc(Br)c2)[C@@H]2CCCCCCC2=O)cc1. The topological polar surface area (TPSA) is 34.1 Å². The van der Waals surface area contributed by atoms with Gasteiger partial charge < -0.3 is 0 Å². The highest BCUT2D eigenvalue weighted by molar-refractivity contribution is 9.10. The number of halogens is 1. The average Bonchev–Trinajstić information content (AvgIpc) is 2.64. The predicted molar refractivity (Wildman–Crippen MR) is 113 cm³/mol. The largest absolute Gasteiger partial charge is 0.299 e. The van der Waals surface area contributed by atoms with Gasteiger partial charge in [-0.1, -0.05) is 77.2 Å². The molecule has 0 aromatic heterocycles. The molecule has 0 N–H and O–H groups in total. The van der Waals surface area contributed by atoms with Gasteiger partial charge in [-0.25, -0.2) is 0 Å². The fourth-order valence-electron chi connectivity index (χ4n) is 4.07. The molecule has 142 valence electrons. The third-order valence-corrected chi connectivity index (χ3v) is 6.14. The highest BCUT2D eigenvalue weighted by atomic mass is 79.9. The van der Waals surface area contributed by atoms with Crippen molar-refractivity contribution >= 4 is 27.5 Å². The van der Waals surface area contributed by atoms with Crippen molar-refractivity contribution in [3.8, 4) is 0 Å². The zero-order chi connectivity index (χ0) is 19.2. The summed E-state index contributed by atoms with van der Waals surface area (Å²) >= 11 is 3.45. The van der Waals surface area contributed by atoms with Crippen molar-refractivity contribution in [2.45, 2.75) is 57.8 Å². The Morgan fingerprint density at radius 2 is 1.81 bits per heavy atom. The van der Waals surface area contributed by atoms with Gasteiger partial charge in [0.05, 0.1) is 0 Å². The summed E-state index contributed by atoms with van der Waals surface area (Å²) in [4.78, 5) is 25.9. The van der Waals surface area contributed by atoms with Crippen LogP contribution in [0, 0.1) is 12.8 Å². The van der Waals surface area contributed by atoms with Crippen LogP contribution in [0.3, 0.4) is 0 Å². The molecule has 0 radical (unpaired) electrons. The second-order valence-corrected chi connectivity index (χ2v) is 8.60. The summed E-state index contributed by atoms with van der Waals surface area (Å²) in [6.07, 6.45) is 6.31. The third kappa shape index (κ3) is 5.38. The fraction of sp³-hybridized carbons (Fsp3) is 0.417. The summed E-state index contributed by atoms with van der Waals surface area (Å²) in [7, 11) is 0. The van der Waals surface area contributed by atoms with Gasteiger partial charge in [-0.15, -0.1) is 0 Å². The van der Waals surface area contributed by atoms with E-state index in [1.54, 1.807) is 0 Å². The predicted octanol–water partition coefficient (Wildman–Crippen LogP) is 6.65. The van der Waals surface area contributed by atoms with Gasteiger partial charge in [0.2, 0.25) is 0 Å². The number of hydrogen-bond donors (Lipinski definition) is 0. The van der Waals surface area contributed by atoms with E-state index in [9.17, 15) is 9.59 Å². The first-order valence-corrected chi connectivity index (χ1v) is 10.7. The molecule has 0 spiro atoms. The lowest BCUT2D eigenvalue weighted by atomic mass is 9.75. The summed E-state index contributed by atoms with van der Waals surface area (Å²) in [5.41, 5.74) is 3.02. The van der Waals surface area contributed by atoms with Crippen molar-refractivity contribution < 1.29 is 9.59 Å². The van der Waals surface area contributed by atoms with Crippen LogP contribution in [0.15, 0.2) is 53.0 Å². The van der Waals surface area contributed by atoms with E-state index < -0.39 is 0 Å². The average molecular weight is 427 g/mol. The maximum atomic E-state index is 13.0. The van der Waals surface area contributed by atoms with Crippen molar-refractivity contribution in [2.24, 2.45) is 5.92 Å². The van der Waals surface area contributed by atoms with Crippen LogP contribution < -0.4 is 0 Å². The van der Waals surface area contributed by atoms with Gasteiger partial charge in [0, 0.05) is 34.7 Å². The van der Waals surface area contributed by atoms with Gasteiger partial charge in [-0.05, 0) is 37.5 Å². The maximum absolute atomic E-state index is 13.0. The number of rotatable bonds is 5. The molecule has 1 fully saturated rings. The lowest BCUT2D eigenvalue weighted by molar-refractivity contribution is -0.124. The standard InChI is InChI=1S/C24H27BrO2/c1-17-11-13-18(14-12-17)22(21-9-4-2-3-5-10-23(21)26)16-24(27)19-7-6-8-20(25)15-19/h6-8,11-15,21-22H,2-5,9-10,16H2,1H3/t21-,22-/m0/s1. The van der Waals surface area contributed by atoms with Crippen LogP contribution in [0.2, 0.25) is 0 Å². The van der Waals surface area contributed by atoms with E-state index in [-0.39, 0.29) is 17.6 Å². The van der Waals surface area contributed by atoms with Crippen molar-refractivity contribution in [3.63, 3.8) is 0 Å². The number of aryl methyl sites for hydroxylation is 1. The van der Waals surface area contributed by atoms with Crippen LogP contribution >= 0.6 is 15.9 Å². The molecule has 3 rings (SSSR count). The van der Waals surface area contributed by atoms with Gasteiger partial charge in [-0.3, -0.25) is 9.59 Å². The molecule has 27 heavy (non-hydrogen) atoms. The van der Waals surface area contributed by atoms with E-state index in [2.05, 4.69) is 47.1 Å². The molecular formula is C24H27BrO2. The number of carbonyl (C=O) groups is 2. The summed E-state index contributed by atoms with van der Waals surface area (Å²) < 4.78 is 0.905. The Labute approximate surface area is 170 Å². The number of hydrogen-bond acceptors (Lipinski definition) is 2. The molecule has 2 aromatic rings. The number of carbonyl (C=O) groups excluding carboxylic acids is 2. The van der Waals surface area contributed by atoms with E-state index >= 15 is 0 Å². The van der Waals surface area contributed by atoms with Gasteiger partial charge in [-0.2, -0.15) is 0 Å². The Balaban J connectivity index is 1.90. The summed E-state index contributed by atoms with van der Waals surface area (Å²) in [6, 6.07) is 15.9. The molecule has 1 saturated carbocycles. The van der Waals surface area contributed by atoms with Crippen molar-refractivity contribution in [1.29, 1.82) is 0 Å². The third-order valence-electron chi connectivity index (χ3n) is 5.64. The fourth-order valence-corrected chi connectivity index (χ4v) is 4.47. The van der Waals surface area contributed by atoms with Crippen LogP contribution in [0.4, 0.5) is 0 Å². The van der Waals surface area contributed by atoms with E-state index in [1.807, 2.05) is 24.3 Å². The summed E-state index contributed by atoms with van der Waals surface area (Å²) in [5, 5.41) is 0. The van der Waals surface area contributed by atoms with Gasteiger partial charge in [0.25, 0.3) is 0 Å². The molecule has 0 saturated heterocycles. The van der Waals surface area contributed by atoms with Crippen LogP contribution in [-0.4, -0.2) is 11.6 Å². The molecule has 0 heterocycles. The molecular weight excluding hydrogens is 400 g/mol. The highest BCUT2D eigenvalue weighted by Gasteiger charge is 2.31. The Bertz CT molecular complexity index is 794. The van der Waals surface area contributed by atoms with Crippen LogP contribution in [0.25, 0.3) is 0 Å². The minimum atomic E-state index is -0.0518. The molecule has 1 aliphatic carbocycles.